The highest BCUT2D eigenvalue weighted by Gasteiger charge is 2.20. The van der Waals surface area contributed by atoms with Crippen LogP contribution in [0.25, 0.3) is 82.8 Å². The van der Waals surface area contributed by atoms with Gasteiger partial charge in [0.05, 0.1) is 11.0 Å². The lowest BCUT2D eigenvalue weighted by Gasteiger charge is -2.13. The first-order valence-corrected chi connectivity index (χ1v) is 14.1. The van der Waals surface area contributed by atoms with Gasteiger partial charge in [0.1, 0.15) is 16.9 Å². The van der Waals surface area contributed by atoms with E-state index >= 15 is 0 Å². The SMILES string of the molecule is c1ccc(-c2nc3c4ccccc4c4ccccc4c3n2-c2ccc(-c3cccc4c3oc3cccnc34)cc2)cc1. The molecule has 0 aliphatic heterocycles. The lowest BCUT2D eigenvalue weighted by atomic mass is 9.99. The second kappa shape index (κ2) is 8.88. The van der Waals surface area contributed by atoms with Gasteiger partial charge >= 0.3 is 0 Å². The van der Waals surface area contributed by atoms with Crippen LogP contribution >= 0.6 is 0 Å². The molecular formula is C38H23N3O. The summed E-state index contributed by atoms with van der Waals surface area (Å²) in [6, 6.07) is 46.5. The molecule has 0 saturated heterocycles. The zero-order chi connectivity index (χ0) is 27.6. The van der Waals surface area contributed by atoms with Crippen LogP contribution in [0.3, 0.4) is 0 Å². The van der Waals surface area contributed by atoms with Gasteiger partial charge < -0.3 is 4.42 Å². The number of fused-ring (bicyclic) bond motifs is 9. The summed E-state index contributed by atoms with van der Waals surface area (Å²) in [5, 5.41) is 5.81. The maximum absolute atomic E-state index is 6.29. The average molecular weight is 538 g/mol. The van der Waals surface area contributed by atoms with E-state index in [1.54, 1.807) is 0 Å². The number of hydrogen-bond donors (Lipinski definition) is 0. The third kappa shape index (κ3) is 3.29. The highest BCUT2D eigenvalue weighted by Crippen LogP contribution is 2.40. The Bertz CT molecular complexity index is 2450. The molecule has 0 atom stereocenters. The van der Waals surface area contributed by atoms with Gasteiger partial charge in [-0.25, -0.2) is 4.98 Å². The van der Waals surface area contributed by atoms with Gasteiger partial charge in [0, 0.05) is 39.2 Å². The van der Waals surface area contributed by atoms with Crippen LogP contribution in [-0.4, -0.2) is 14.5 Å². The molecule has 4 heteroatoms. The monoisotopic (exact) mass is 537 g/mol. The summed E-state index contributed by atoms with van der Waals surface area (Å²) in [6.45, 7) is 0. The Balaban J connectivity index is 1.31. The molecule has 4 nitrogen and oxygen atoms in total. The number of furan rings is 1. The summed E-state index contributed by atoms with van der Waals surface area (Å²) in [5.74, 6) is 0.922. The number of aromatic nitrogens is 3. The van der Waals surface area contributed by atoms with Gasteiger partial charge in [-0.2, -0.15) is 0 Å². The number of pyridine rings is 1. The van der Waals surface area contributed by atoms with Gasteiger partial charge in [-0.3, -0.25) is 9.55 Å². The van der Waals surface area contributed by atoms with E-state index in [-0.39, 0.29) is 0 Å². The molecule has 0 radical (unpaired) electrons. The number of hydrogen-bond acceptors (Lipinski definition) is 3. The molecule has 9 aromatic rings. The van der Waals surface area contributed by atoms with Crippen molar-refractivity contribution in [1.29, 1.82) is 0 Å². The van der Waals surface area contributed by atoms with Crippen LogP contribution in [0.2, 0.25) is 0 Å². The maximum atomic E-state index is 6.29. The fourth-order valence-corrected chi connectivity index (χ4v) is 6.37. The molecule has 9 rings (SSSR count). The molecule has 0 spiro atoms. The van der Waals surface area contributed by atoms with Crippen LogP contribution in [0.4, 0.5) is 0 Å². The van der Waals surface area contributed by atoms with E-state index in [0.29, 0.717) is 0 Å². The van der Waals surface area contributed by atoms with Crippen LogP contribution in [0, 0.1) is 0 Å². The minimum absolute atomic E-state index is 0.799. The molecule has 42 heavy (non-hydrogen) atoms. The molecule has 0 aliphatic carbocycles. The molecule has 0 aliphatic rings. The van der Waals surface area contributed by atoms with E-state index in [1.807, 2.05) is 24.4 Å². The minimum Gasteiger partial charge on any atom is -0.454 e. The van der Waals surface area contributed by atoms with Crippen molar-refractivity contribution in [2.45, 2.75) is 0 Å². The average Bonchev–Trinajstić information content (AvgIpc) is 3.65. The smallest absolute Gasteiger partial charge is 0.153 e. The van der Waals surface area contributed by atoms with Crippen molar-refractivity contribution in [3.8, 4) is 28.2 Å². The predicted molar refractivity (Wildman–Crippen MR) is 172 cm³/mol. The van der Waals surface area contributed by atoms with Gasteiger partial charge in [0.2, 0.25) is 0 Å². The maximum Gasteiger partial charge on any atom is 0.153 e. The first-order chi connectivity index (χ1) is 20.8. The van der Waals surface area contributed by atoms with E-state index in [4.69, 9.17) is 9.40 Å². The van der Waals surface area contributed by atoms with E-state index in [2.05, 4.69) is 125 Å². The number of nitrogens with zero attached hydrogens (tertiary/aromatic N) is 3. The van der Waals surface area contributed by atoms with Crippen LogP contribution in [-0.2, 0) is 0 Å². The van der Waals surface area contributed by atoms with Crippen molar-refractivity contribution in [3.63, 3.8) is 0 Å². The van der Waals surface area contributed by atoms with Crippen LogP contribution < -0.4 is 0 Å². The molecule has 0 unspecified atom stereocenters. The molecule has 3 heterocycles. The van der Waals surface area contributed by atoms with Crippen molar-refractivity contribution < 1.29 is 4.42 Å². The Kier molecular flexibility index (Phi) is 4.87. The number of benzene rings is 6. The summed E-state index contributed by atoms with van der Waals surface area (Å²) in [7, 11) is 0. The Morgan fingerprint density at radius 2 is 1.19 bits per heavy atom. The molecular weight excluding hydrogens is 514 g/mol. The molecule has 196 valence electrons. The molecule has 0 bridgehead atoms. The summed E-state index contributed by atoms with van der Waals surface area (Å²) in [5.41, 5.74) is 8.93. The number of imidazole rings is 1. The lowest BCUT2D eigenvalue weighted by Crippen LogP contribution is -1.98. The second-order valence-corrected chi connectivity index (χ2v) is 10.6. The molecule has 0 N–H and O–H groups in total. The van der Waals surface area contributed by atoms with E-state index < -0.39 is 0 Å². The summed E-state index contributed by atoms with van der Waals surface area (Å²) in [6.07, 6.45) is 1.81. The van der Waals surface area contributed by atoms with Crippen molar-refractivity contribution in [1.82, 2.24) is 14.5 Å². The van der Waals surface area contributed by atoms with Gasteiger partial charge in [0.25, 0.3) is 0 Å². The molecule has 0 fully saturated rings. The van der Waals surface area contributed by atoms with E-state index in [1.165, 1.54) is 16.2 Å². The first-order valence-electron chi connectivity index (χ1n) is 14.1. The second-order valence-electron chi connectivity index (χ2n) is 10.6. The molecule has 0 saturated carbocycles. The zero-order valence-corrected chi connectivity index (χ0v) is 22.5. The fraction of sp³-hybridized carbons (Fsp3) is 0. The van der Waals surface area contributed by atoms with Gasteiger partial charge in [-0.05, 0) is 46.7 Å². The van der Waals surface area contributed by atoms with Crippen molar-refractivity contribution in [2.24, 2.45) is 0 Å². The summed E-state index contributed by atoms with van der Waals surface area (Å²) >= 11 is 0. The Morgan fingerprint density at radius 3 is 2.00 bits per heavy atom. The number of para-hydroxylation sites is 1. The zero-order valence-electron chi connectivity index (χ0n) is 22.5. The van der Waals surface area contributed by atoms with Crippen molar-refractivity contribution in [3.05, 3.63) is 140 Å². The van der Waals surface area contributed by atoms with E-state index in [9.17, 15) is 0 Å². The fourth-order valence-electron chi connectivity index (χ4n) is 6.37. The van der Waals surface area contributed by atoms with Crippen LogP contribution in [0.15, 0.2) is 144 Å². The van der Waals surface area contributed by atoms with Gasteiger partial charge in [-0.15, -0.1) is 0 Å². The summed E-state index contributed by atoms with van der Waals surface area (Å²) in [4.78, 5) is 9.89. The highest BCUT2D eigenvalue weighted by molar-refractivity contribution is 6.24. The number of rotatable bonds is 3. The Morgan fingerprint density at radius 1 is 0.500 bits per heavy atom. The van der Waals surface area contributed by atoms with Gasteiger partial charge in [0.15, 0.2) is 5.58 Å². The largest absolute Gasteiger partial charge is 0.454 e. The third-order valence-electron chi connectivity index (χ3n) is 8.25. The highest BCUT2D eigenvalue weighted by atomic mass is 16.3. The quantitative estimate of drug-likeness (QED) is 0.211. The summed E-state index contributed by atoms with van der Waals surface area (Å²) < 4.78 is 8.60. The Labute approximate surface area is 241 Å². The van der Waals surface area contributed by atoms with Crippen LogP contribution in [0.5, 0.6) is 0 Å². The molecule has 0 amide bonds. The standard InChI is InChI=1S/C38H23N3O/c1-2-10-25(11-3-1)38-40-35-30-14-6-4-12-28(30)29-13-5-7-15-31(29)36(35)41(38)26-21-19-24(20-22-26)27-16-8-17-32-34-33(42-37(27)32)18-9-23-39-34/h1-23H. The first kappa shape index (κ1) is 23.0. The molecule has 3 aromatic heterocycles. The predicted octanol–water partition coefficient (Wildman–Crippen LogP) is 9.96. The van der Waals surface area contributed by atoms with Crippen LogP contribution in [0.1, 0.15) is 0 Å². The third-order valence-corrected chi connectivity index (χ3v) is 8.25. The Hall–Kier alpha value is -5.74. The normalized spacial score (nSPS) is 11.8. The van der Waals surface area contributed by atoms with Crippen molar-refractivity contribution in [2.75, 3.05) is 0 Å². The van der Waals surface area contributed by atoms with Gasteiger partial charge in [-0.1, -0.05) is 103 Å². The lowest BCUT2D eigenvalue weighted by molar-refractivity contribution is 0.669. The van der Waals surface area contributed by atoms with Crippen molar-refractivity contribution >= 4 is 54.6 Å². The topological polar surface area (TPSA) is 43.9 Å². The minimum atomic E-state index is 0.799. The van der Waals surface area contributed by atoms with E-state index in [0.717, 1.165) is 66.7 Å². The molecule has 6 aromatic carbocycles.